The number of phenolic OH excluding ortho intramolecular Hbond substituents is 4. The van der Waals surface area contributed by atoms with E-state index in [1.54, 1.807) is 0 Å². The SMILES string of the molecule is O=S(=O)(O)c1ccc2c(N=Nc3cc(S(=O)(=O)O)c4cc(N=[N+]([O-])c5cc(S(=O)(=O)O)c6c(O)c(N=Nc7c(O)c(S(=O)(=O)O)cc8cc(S(=O)(=O)O)ccc78)cc(S(=O)(=O)O)c6c5)cc(S(=O)(=O)O)c4c3O)c(O)c(S(=O)(=O)O)cc2c1.[Cu].[Cu].[Na+].[Na+].[Na+].[Na+].[Na+].[Na+].[Na+].[Na+]. The van der Waals surface area contributed by atoms with E-state index in [-0.39, 0.29) is 295 Å². The second-order valence-corrected chi connectivity index (χ2v) is 27.9. The fourth-order valence-electron chi connectivity index (χ4n) is 7.98. The predicted octanol–water partition coefficient (Wildman–Crippen LogP) is -18.1. The van der Waals surface area contributed by atoms with Crippen molar-refractivity contribution in [3.8, 4) is 23.0 Å². The minimum absolute atomic E-state index is 0. The summed E-state index contributed by atoms with van der Waals surface area (Å²) in [5, 5.41) is 69.0. The number of azo groups is 3. The van der Waals surface area contributed by atoms with Gasteiger partial charge < -0.3 is 25.6 Å². The maximum absolute atomic E-state index is 13.9. The third-order valence-electron chi connectivity index (χ3n) is 11.4. The normalized spacial score (nSPS) is 12.3. The molecule has 8 aromatic carbocycles. The van der Waals surface area contributed by atoms with E-state index in [2.05, 4.69) is 25.6 Å². The number of phenols is 4. The standard InChI is InChI=1S/C40H26N6O29S8.2Cu.8Na/c47-37-25(41-43-35-21-3-1-19(76(52,53)54)5-15(21)7-31(39(35)49)82(70,71)72)13-27(78(58,59)60)23-9-17(10-29(33(23)37)80(64,65)66)45-46(51)18-11-24-28(79(61,62)63)14-26(38(48)34(24)30(12-18)81(67,68)69)42-44-36-22-4-2-20(77(55,56)57)6-16(22)8-32(40(36)50)83(73,74)75;;;;;;;;;;/h1-14,47-50H,(H,52,53,54)(H,55,56,57)(H,58,59,60)(H,61,62,63)(H,64,65,66)(H,67,68,69)(H,70,71,72)(H,73,74,75);;;;;;;;;;/q;;;8*+1. The molecule has 0 unspecified atom stereocenters. The van der Waals surface area contributed by atoms with Gasteiger partial charge in [0.15, 0.2) is 23.0 Å². The van der Waals surface area contributed by atoms with Crippen LogP contribution in [0.25, 0.3) is 43.1 Å². The Hall–Kier alpha value is 0.919. The Balaban J connectivity index is -0.00000810. The second kappa shape index (κ2) is 35.4. The van der Waals surface area contributed by atoms with Crippen molar-refractivity contribution in [2.24, 2.45) is 25.6 Å². The molecule has 0 aliphatic heterocycles. The Kier molecular flexibility index (Phi) is 37.3. The number of hydrogen-bond donors (Lipinski definition) is 12. The quantitative estimate of drug-likeness (QED) is 0.0158. The van der Waals surface area contributed by atoms with Gasteiger partial charge in [0, 0.05) is 83.7 Å². The Morgan fingerprint density at radius 2 is 0.634 bits per heavy atom. The van der Waals surface area contributed by atoms with Gasteiger partial charge in [-0.1, -0.05) is 17.0 Å². The van der Waals surface area contributed by atoms with Crippen LogP contribution in [0.5, 0.6) is 23.0 Å². The molecule has 93 heavy (non-hydrogen) atoms. The first-order valence-electron chi connectivity index (χ1n) is 20.9. The van der Waals surface area contributed by atoms with Gasteiger partial charge in [-0.3, -0.25) is 36.4 Å². The third kappa shape index (κ3) is 21.5. The molecule has 0 aliphatic rings. The number of rotatable bonds is 14. The molecule has 8 rings (SSSR count). The molecule has 0 atom stereocenters. The first kappa shape index (κ1) is 98.1. The summed E-state index contributed by atoms with van der Waals surface area (Å²) in [4.78, 5) is -11.5. The molecule has 12 N–H and O–H groups in total. The summed E-state index contributed by atoms with van der Waals surface area (Å²) in [5.74, 6) is -5.92. The van der Waals surface area contributed by atoms with Gasteiger partial charge in [-0.2, -0.15) is 67.3 Å². The molecule has 0 spiro atoms. The summed E-state index contributed by atoms with van der Waals surface area (Å²) in [6, 6.07) is 6.74. The first-order chi connectivity index (χ1) is 37.8. The van der Waals surface area contributed by atoms with Crippen molar-refractivity contribution in [3.63, 3.8) is 0 Å². The smallest absolute Gasteiger partial charge is 0.594 e. The molecule has 0 aliphatic carbocycles. The van der Waals surface area contributed by atoms with E-state index in [1.165, 1.54) is 0 Å². The number of benzene rings is 8. The Labute approximate surface area is 722 Å². The van der Waals surface area contributed by atoms with Crippen LogP contribution in [0.15, 0.2) is 150 Å². The molecule has 0 heterocycles. The summed E-state index contributed by atoms with van der Waals surface area (Å²) in [6.07, 6.45) is 0. The molecular weight excluding hydrogens is 1600 g/mol. The van der Waals surface area contributed by atoms with Crippen LogP contribution < -0.4 is 236 Å². The van der Waals surface area contributed by atoms with Gasteiger partial charge >= 0.3 is 236 Å². The summed E-state index contributed by atoms with van der Waals surface area (Å²) in [5.41, 5.74) is -6.91. The van der Waals surface area contributed by atoms with Crippen LogP contribution in [-0.2, 0) is 115 Å². The molecule has 8 aromatic rings. The van der Waals surface area contributed by atoms with Crippen LogP contribution in [0.3, 0.4) is 0 Å². The van der Waals surface area contributed by atoms with Gasteiger partial charge in [-0.05, 0) is 71.4 Å². The maximum Gasteiger partial charge on any atom is 1.00 e. The zero-order valence-electron chi connectivity index (χ0n) is 47.9. The zero-order valence-corrected chi connectivity index (χ0v) is 72.4. The third-order valence-corrected chi connectivity index (χ3v) is 18.4. The average molecular weight is 1620 g/mol. The summed E-state index contributed by atoms with van der Waals surface area (Å²) in [6.45, 7) is 0. The summed E-state index contributed by atoms with van der Waals surface area (Å²) < 4.78 is 279. The summed E-state index contributed by atoms with van der Waals surface area (Å²) >= 11 is 0. The number of nitrogens with zero attached hydrogens (tertiary/aromatic N) is 6. The van der Waals surface area contributed by atoms with Crippen LogP contribution in [-0.4, -0.2) is 129 Å². The van der Waals surface area contributed by atoms with Crippen LogP contribution >= 0.6 is 0 Å². The zero-order chi connectivity index (χ0) is 62.0. The van der Waals surface area contributed by atoms with E-state index in [9.17, 15) is 129 Å². The molecule has 0 amide bonds. The Morgan fingerprint density at radius 1 is 0.323 bits per heavy atom. The molecule has 2 radical (unpaired) electrons. The fourth-order valence-corrected chi connectivity index (χ4v) is 13.1. The fraction of sp³-hybridized carbons (Fsp3) is 0. The van der Waals surface area contributed by atoms with E-state index in [0.29, 0.717) is 48.5 Å². The minimum atomic E-state index is -5.89. The van der Waals surface area contributed by atoms with Crippen LogP contribution in [0.2, 0.25) is 0 Å². The van der Waals surface area contributed by atoms with Gasteiger partial charge in [-0.15, -0.1) is 20.5 Å². The second-order valence-electron chi connectivity index (χ2n) is 16.7. The first-order valence-corrected chi connectivity index (χ1v) is 32.4. The van der Waals surface area contributed by atoms with Crippen molar-refractivity contribution < 1.29 is 400 Å². The number of hydrogen-bond acceptors (Lipinski definition) is 26. The molecule has 0 fully saturated rings. The molecule has 0 bridgehead atoms. The van der Waals surface area contributed by atoms with Crippen LogP contribution in [0, 0.1) is 5.21 Å². The maximum atomic E-state index is 13.9. The van der Waals surface area contributed by atoms with Gasteiger partial charge in [0.1, 0.15) is 57.8 Å². The van der Waals surface area contributed by atoms with E-state index in [1.807, 2.05) is 0 Å². The van der Waals surface area contributed by atoms with E-state index in [0.717, 1.165) is 12.1 Å². The van der Waals surface area contributed by atoms with Crippen molar-refractivity contribution in [3.05, 3.63) is 90.1 Å². The van der Waals surface area contributed by atoms with Crippen molar-refractivity contribution in [2.75, 3.05) is 0 Å². The van der Waals surface area contributed by atoms with Crippen LogP contribution in [0.1, 0.15) is 0 Å². The van der Waals surface area contributed by atoms with Gasteiger partial charge in [0.25, 0.3) is 80.9 Å². The van der Waals surface area contributed by atoms with Crippen molar-refractivity contribution in [1.29, 1.82) is 0 Å². The van der Waals surface area contributed by atoms with Gasteiger partial charge in [-0.25, -0.2) is 0 Å². The van der Waals surface area contributed by atoms with Crippen molar-refractivity contribution in [1.82, 2.24) is 0 Å². The average Bonchev–Trinajstić information content (AvgIpc) is 0.809. The van der Waals surface area contributed by atoms with E-state index >= 15 is 0 Å². The van der Waals surface area contributed by atoms with Crippen molar-refractivity contribution >= 4 is 158 Å². The summed E-state index contributed by atoms with van der Waals surface area (Å²) in [7, 11) is -44.2. The molecule has 35 nitrogen and oxygen atoms in total. The monoisotopic (exact) mass is 1620 g/mol. The van der Waals surface area contributed by atoms with Gasteiger partial charge in [0.05, 0.1) is 9.79 Å². The Morgan fingerprint density at radius 3 is 0.946 bits per heavy atom. The van der Waals surface area contributed by atoms with Gasteiger partial charge in [0.2, 0.25) is 5.69 Å². The van der Waals surface area contributed by atoms with E-state index < -0.39 is 225 Å². The molecule has 460 valence electrons. The number of aromatic hydroxyl groups is 4. The Bertz CT molecular complexity index is 5420. The largest absolute Gasteiger partial charge is 1.00 e. The molecule has 0 aromatic heterocycles. The molecule has 0 saturated heterocycles. The molecule has 0 saturated carbocycles. The molecular formula is C40H26Cu2N6Na8O29S8+8. The van der Waals surface area contributed by atoms with Crippen molar-refractivity contribution in [2.45, 2.75) is 39.2 Å². The van der Waals surface area contributed by atoms with Crippen LogP contribution in [0.4, 0.5) is 34.1 Å². The number of fused-ring (bicyclic) bond motifs is 4. The predicted molar refractivity (Wildman–Crippen MR) is 275 cm³/mol. The molecule has 53 heteroatoms. The topological polar surface area (TPSA) is 604 Å². The van der Waals surface area contributed by atoms with E-state index in [4.69, 9.17) is 0 Å². The minimum Gasteiger partial charge on any atom is -0.594 e.